The van der Waals surface area contributed by atoms with Crippen molar-refractivity contribution in [2.24, 2.45) is 4.99 Å². The molecule has 1 aliphatic rings. The highest BCUT2D eigenvalue weighted by atomic mass is 32.1. The van der Waals surface area contributed by atoms with Gasteiger partial charge in [0.1, 0.15) is 4.88 Å². The third kappa shape index (κ3) is 3.31. The van der Waals surface area contributed by atoms with Crippen LogP contribution in [-0.4, -0.2) is 15.9 Å². The molecule has 1 aromatic carbocycles. The summed E-state index contributed by atoms with van der Waals surface area (Å²) in [6.45, 7) is 2.05. The molecule has 0 amide bonds. The van der Waals surface area contributed by atoms with Gasteiger partial charge in [0.25, 0.3) is 0 Å². The maximum absolute atomic E-state index is 10.5. The van der Waals surface area contributed by atoms with Crippen molar-refractivity contribution in [3.63, 3.8) is 0 Å². The van der Waals surface area contributed by atoms with Gasteiger partial charge in [-0.05, 0) is 44.1 Å². The molecule has 1 fully saturated rings. The molecule has 1 aliphatic carbocycles. The smallest absolute Gasteiger partial charge is 0.212 e. The molecule has 1 aromatic heterocycles. The summed E-state index contributed by atoms with van der Waals surface area (Å²) in [5.74, 6) is 0.276. The highest BCUT2D eigenvalue weighted by Gasteiger charge is 2.21. The highest BCUT2D eigenvalue weighted by Crippen LogP contribution is 2.35. The number of hydrogen-bond donors (Lipinski definition) is 1. The number of aryl methyl sites for hydroxylation is 1. The SMILES string of the molecule is Cc1ccc(N=Cc2sc(=S)n(C3CCCCC3)c2O)cc1. The third-order valence-corrected chi connectivity index (χ3v) is 5.47. The van der Waals surface area contributed by atoms with Gasteiger partial charge in [-0.1, -0.05) is 48.3 Å². The Kier molecular flexibility index (Phi) is 4.74. The molecule has 3 nitrogen and oxygen atoms in total. The van der Waals surface area contributed by atoms with Crippen LogP contribution in [0.3, 0.4) is 0 Å². The Bertz CT molecular complexity index is 722. The first-order valence-electron chi connectivity index (χ1n) is 7.70. The lowest BCUT2D eigenvalue weighted by Crippen LogP contribution is -2.12. The van der Waals surface area contributed by atoms with E-state index in [9.17, 15) is 5.11 Å². The number of nitrogens with zero attached hydrogens (tertiary/aromatic N) is 2. The van der Waals surface area contributed by atoms with Crippen molar-refractivity contribution in [1.29, 1.82) is 0 Å². The van der Waals surface area contributed by atoms with E-state index in [-0.39, 0.29) is 5.88 Å². The predicted molar refractivity (Wildman–Crippen MR) is 95.4 cm³/mol. The molecule has 5 heteroatoms. The van der Waals surface area contributed by atoms with E-state index in [4.69, 9.17) is 12.2 Å². The molecule has 0 atom stereocenters. The number of rotatable bonds is 3. The molecule has 0 aliphatic heterocycles. The monoisotopic (exact) mass is 332 g/mol. The highest BCUT2D eigenvalue weighted by molar-refractivity contribution is 7.73. The van der Waals surface area contributed by atoms with E-state index in [1.54, 1.807) is 6.21 Å². The third-order valence-electron chi connectivity index (χ3n) is 4.15. The fraction of sp³-hybridized carbons (Fsp3) is 0.412. The lowest BCUT2D eigenvalue weighted by Gasteiger charge is -2.23. The summed E-state index contributed by atoms with van der Waals surface area (Å²) in [6, 6.07) is 8.35. The van der Waals surface area contributed by atoms with Crippen LogP contribution in [-0.2, 0) is 0 Å². The van der Waals surface area contributed by atoms with Gasteiger partial charge in [-0.2, -0.15) is 0 Å². The lowest BCUT2D eigenvalue weighted by atomic mass is 9.95. The van der Waals surface area contributed by atoms with E-state index in [1.165, 1.54) is 36.2 Å². The Morgan fingerprint density at radius 1 is 1.23 bits per heavy atom. The van der Waals surface area contributed by atoms with Crippen LogP contribution in [0.5, 0.6) is 5.88 Å². The van der Waals surface area contributed by atoms with Crippen molar-refractivity contribution in [1.82, 2.24) is 4.57 Å². The van der Waals surface area contributed by atoms with E-state index in [2.05, 4.69) is 11.9 Å². The Morgan fingerprint density at radius 2 is 1.91 bits per heavy atom. The van der Waals surface area contributed by atoms with Crippen LogP contribution in [0, 0.1) is 10.9 Å². The number of benzene rings is 1. The molecule has 2 aromatic rings. The first-order valence-corrected chi connectivity index (χ1v) is 8.92. The second-order valence-electron chi connectivity index (χ2n) is 5.81. The molecule has 1 heterocycles. The second-order valence-corrected chi connectivity index (χ2v) is 7.49. The first-order chi connectivity index (χ1) is 10.6. The second kappa shape index (κ2) is 6.75. The molecular weight excluding hydrogens is 312 g/mol. The summed E-state index contributed by atoms with van der Waals surface area (Å²) >= 11 is 6.88. The zero-order chi connectivity index (χ0) is 15.5. The van der Waals surface area contributed by atoms with Gasteiger partial charge in [0.2, 0.25) is 5.88 Å². The van der Waals surface area contributed by atoms with Crippen molar-refractivity contribution in [2.45, 2.75) is 45.1 Å². The number of aromatic hydroxyl groups is 1. The summed E-state index contributed by atoms with van der Waals surface area (Å²) in [5.41, 5.74) is 2.09. The standard InChI is InChI=1S/C17H20N2OS2/c1-12-7-9-13(10-8-12)18-11-15-16(20)19(17(21)22-15)14-5-3-2-4-6-14/h7-11,14,20H,2-6H2,1H3. The maximum Gasteiger partial charge on any atom is 0.212 e. The molecule has 116 valence electrons. The molecule has 22 heavy (non-hydrogen) atoms. The van der Waals surface area contributed by atoms with Gasteiger partial charge in [-0.25, -0.2) is 0 Å². The summed E-state index contributed by atoms with van der Waals surface area (Å²) in [4.78, 5) is 5.19. The largest absolute Gasteiger partial charge is 0.493 e. The average molecular weight is 332 g/mol. The number of aromatic nitrogens is 1. The fourth-order valence-electron chi connectivity index (χ4n) is 2.90. The van der Waals surface area contributed by atoms with Crippen LogP contribution >= 0.6 is 23.6 Å². The fourth-order valence-corrected chi connectivity index (χ4v) is 4.23. The van der Waals surface area contributed by atoms with Crippen LogP contribution in [0.2, 0.25) is 0 Å². The molecular formula is C17H20N2OS2. The van der Waals surface area contributed by atoms with Gasteiger partial charge in [0.05, 0.1) is 11.9 Å². The van der Waals surface area contributed by atoms with Crippen LogP contribution in [0.25, 0.3) is 0 Å². The van der Waals surface area contributed by atoms with Crippen molar-refractivity contribution >= 4 is 35.5 Å². The summed E-state index contributed by atoms with van der Waals surface area (Å²) < 4.78 is 2.67. The summed E-state index contributed by atoms with van der Waals surface area (Å²) in [7, 11) is 0. The minimum Gasteiger partial charge on any atom is -0.493 e. The molecule has 1 N–H and O–H groups in total. The van der Waals surface area contributed by atoms with Gasteiger partial charge in [-0.15, -0.1) is 0 Å². The molecule has 0 bridgehead atoms. The van der Waals surface area contributed by atoms with Crippen LogP contribution in [0.4, 0.5) is 5.69 Å². The van der Waals surface area contributed by atoms with Gasteiger partial charge >= 0.3 is 0 Å². The Labute approximate surface area is 140 Å². The van der Waals surface area contributed by atoms with Gasteiger partial charge in [-0.3, -0.25) is 9.56 Å². The number of aliphatic imine (C=N–C) groups is 1. The van der Waals surface area contributed by atoms with Crippen LogP contribution in [0.15, 0.2) is 29.3 Å². The van der Waals surface area contributed by atoms with E-state index in [1.807, 2.05) is 28.8 Å². The summed E-state index contributed by atoms with van der Waals surface area (Å²) in [6.07, 6.45) is 7.65. The Morgan fingerprint density at radius 3 is 2.59 bits per heavy atom. The molecule has 0 radical (unpaired) electrons. The van der Waals surface area contributed by atoms with Crippen molar-refractivity contribution in [3.8, 4) is 5.88 Å². The minimum absolute atomic E-state index is 0.276. The molecule has 1 saturated carbocycles. The average Bonchev–Trinajstić information content (AvgIpc) is 2.82. The molecule has 0 unspecified atom stereocenters. The van der Waals surface area contributed by atoms with Crippen molar-refractivity contribution < 1.29 is 5.11 Å². The topological polar surface area (TPSA) is 37.5 Å². The lowest BCUT2D eigenvalue weighted by molar-refractivity contribution is 0.312. The van der Waals surface area contributed by atoms with Gasteiger partial charge in [0.15, 0.2) is 3.95 Å². The van der Waals surface area contributed by atoms with Gasteiger partial charge < -0.3 is 5.11 Å². The van der Waals surface area contributed by atoms with Crippen LogP contribution < -0.4 is 0 Å². The Hall–Kier alpha value is -1.46. The van der Waals surface area contributed by atoms with E-state index in [0.717, 1.165) is 27.4 Å². The van der Waals surface area contributed by atoms with Crippen molar-refractivity contribution in [2.75, 3.05) is 0 Å². The number of thiazole rings is 1. The normalized spacial score (nSPS) is 16.4. The zero-order valence-electron chi connectivity index (χ0n) is 12.7. The molecule has 0 saturated heterocycles. The Balaban J connectivity index is 1.85. The quantitative estimate of drug-likeness (QED) is 0.591. The first kappa shape index (κ1) is 15.4. The molecule has 0 spiro atoms. The van der Waals surface area contributed by atoms with E-state index in [0.29, 0.717) is 6.04 Å². The van der Waals surface area contributed by atoms with Gasteiger partial charge in [0, 0.05) is 6.04 Å². The molecule has 3 rings (SSSR count). The van der Waals surface area contributed by atoms with E-state index < -0.39 is 0 Å². The minimum atomic E-state index is 0.276. The predicted octanol–water partition coefficient (Wildman–Crippen LogP) is 5.55. The van der Waals surface area contributed by atoms with Crippen LogP contribution in [0.1, 0.15) is 48.6 Å². The number of hydrogen-bond acceptors (Lipinski definition) is 4. The zero-order valence-corrected chi connectivity index (χ0v) is 14.3. The maximum atomic E-state index is 10.5. The summed E-state index contributed by atoms with van der Waals surface area (Å²) in [5, 5.41) is 10.5. The van der Waals surface area contributed by atoms with Crippen molar-refractivity contribution in [3.05, 3.63) is 38.7 Å². The van der Waals surface area contributed by atoms with E-state index >= 15 is 0 Å².